The fraction of sp³-hybridized carbons (Fsp3) is 1.00. The first-order chi connectivity index (χ1) is 7.40. The van der Waals surface area contributed by atoms with Crippen molar-refractivity contribution in [1.82, 2.24) is 15.6 Å². The Morgan fingerprint density at radius 3 is 1.81 bits per heavy atom. The maximum absolute atomic E-state index is 9.52. The summed E-state index contributed by atoms with van der Waals surface area (Å²) >= 11 is 0. The van der Waals surface area contributed by atoms with E-state index >= 15 is 0 Å². The van der Waals surface area contributed by atoms with Crippen LogP contribution in [0.15, 0.2) is 0 Å². The molecule has 16 heavy (non-hydrogen) atoms. The molecule has 0 aromatic carbocycles. The van der Waals surface area contributed by atoms with E-state index in [2.05, 4.69) is 5.53 Å². The predicted octanol–water partition coefficient (Wildman–Crippen LogP) is -0.913. The van der Waals surface area contributed by atoms with Crippen LogP contribution in [0.4, 0.5) is 0 Å². The molecule has 0 radical (unpaired) electrons. The lowest BCUT2D eigenvalue weighted by Crippen LogP contribution is -2.63. The van der Waals surface area contributed by atoms with Crippen molar-refractivity contribution < 1.29 is 15.3 Å². The van der Waals surface area contributed by atoms with Gasteiger partial charge in [-0.05, 0) is 33.1 Å². The van der Waals surface area contributed by atoms with E-state index in [0.717, 1.165) is 0 Å². The Morgan fingerprint density at radius 1 is 1.06 bits per heavy atom. The van der Waals surface area contributed by atoms with Crippen LogP contribution in [0.3, 0.4) is 0 Å². The van der Waals surface area contributed by atoms with Crippen LogP contribution in [0, 0.1) is 5.92 Å². The van der Waals surface area contributed by atoms with E-state index in [1.807, 2.05) is 0 Å². The first-order valence-corrected chi connectivity index (χ1v) is 5.74. The average Bonchev–Trinajstić information content (AvgIpc) is 2.15. The molecule has 0 bridgehead atoms. The Morgan fingerprint density at radius 2 is 1.50 bits per heavy atom. The Balaban J connectivity index is 2.59. The van der Waals surface area contributed by atoms with Gasteiger partial charge in [0, 0.05) is 13.1 Å². The molecule has 0 amide bonds. The van der Waals surface area contributed by atoms with Crippen LogP contribution in [0.25, 0.3) is 0 Å². The van der Waals surface area contributed by atoms with Crippen molar-refractivity contribution in [3.05, 3.63) is 0 Å². The third kappa shape index (κ3) is 3.97. The third-order valence-electron chi connectivity index (χ3n) is 2.74. The van der Waals surface area contributed by atoms with Gasteiger partial charge in [-0.2, -0.15) is 5.53 Å². The SMILES string of the molecule is CC(O)CC1CN(C(C)O)NN(C(C)O)C1. The second kappa shape index (κ2) is 5.90. The van der Waals surface area contributed by atoms with Crippen LogP contribution in [0.2, 0.25) is 0 Å². The Kier molecular flexibility index (Phi) is 5.10. The molecule has 1 saturated heterocycles. The minimum atomic E-state index is -0.627. The van der Waals surface area contributed by atoms with Gasteiger partial charge in [0.2, 0.25) is 0 Å². The number of hydrogen-bond donors (Lipinski definition) is 4. The fourth-order valence-corrected chi connectivity index (χ4v) is 1.96. The van der Waals surface area contributed by atoms with E-state index in [1.54, 1.807) is 30.8 Å². The van der Waals surface area contributed by atoms with Gasteiger partial charge in [-0.3, -0.25) is 0 Å². The van der Waals surface area contributed by atoms with Crippen LogP contribution in [0.5, 0.6) is 0 Å². The van der Waals surface area contributed by atoms with E-state index in [4.69, 9.17) is 0 Å². The largest absolute Gasteiger partial charge is 0.393 e. The van der Waals surface area contributed by atoms with E-state index in [-0.39, 0.29) is 12.0 Å². The van der Waals surface area contributed by atoms with E-state index in [1.165, 1.54) is 0 Å². The van der Waals surface area contributed by atoms with Gasteiger partial charge in [-0.25, -0.2) is 10.0 Å². The number of nitrogens with one attached hydrogen (secondary N) is 1. The molecule has 6 nitrogen and oxygen atoms in total. The highest BCUT2D eigenvalue weighted by Gasteiger charge is 2.29. The molecule has 1 heterocycles. The Hall–Kier alpha value is -0.240. The van der Waals surface area contributed by atoms with Crippen LogP contribution in [-0.4, -0.2) is 57.0 Å². The smallest absolute Gasteiger partial charge is 0.118 e. The van der Waals surface area contributed by atoms with E-state index in [9.17, 15) is 15.3 Å². The van der Waals surface area contributed by atoms with E-state index in [0.29, 0.717) is 19.5 Å². The second-order valence-corrected chi connectivity index (χ2v) is 4.62. The highest BCUT2D eigenvalue weighted by Crippen LogP contribution is 2.16. The number of rotatable bonds is 4. The van der Waals surface area contributed by atoms with Crippen molar-refractivity contribution in [2.24, 2.45) is 5.92 Å². The molecule has 0 aromatic heterocycles. The monoisotopic (exact) mass is 233 g/mol. The van der Waals surface area contributed by atoms with Gasteiger partial charge < -0.3 is 15.3 Å². The van der Waals surface area contributed by atoms with Crippen molar-refractivity contribution in [3.63, 3.8) is 0 Å². The standard InChI is InChI=1S/C10H23N3O3/c1-7(14)4-10-5-12(8(2)15)11-13(6-10)9(3)16/h7-11,14-16H,4-6H2,1-3H3. The van der Waals surface area contributed by atoms with Gasteiger partial charge in [-0.15, -0.1) is 0 Å². The molecular formula is C10H23N3O3. The highest BCUT2D eigenvalue weighted by molar-refractivity contribution is 4.74. The molecule has 0 saturated carbocycles. The predicted molar refractivity (Wildman–Crippen MR) is 59.7 cm³/mol. The zero-order valence-electron chi connectivity index (χ0n) is 10.2. The molecule has 1 aliphatic heterocycles. The lowest BCUT2D eigenvalue weighted by Gasteiger charge is -2.43. The molecule has 3 atom stereocenters. The summed E-state index contributed by atoms with van der Waals surface area (Å²) in [7, 11) is 0. The van der Waals surface area contributed by atoms with Crippen LogP contribution in [0.1, 0.15) is 27.2 Å². The van der Waals surface area contributed by atoms with Crippen molar-refractivity contribution >= 4 is 0 Å². The van der Waals surface area contributed by atoms with Gasteiger partial charge in [0.05, 0.1) is 6.10 Å². The summed E-state index contributed by atoms with van der Waals surface area (Å²) in [6, 6.07) is 0. The maximum atomic E-state index is 9.52. The van der Waals surface area contributed by atoms with E-state index < -0.39 is 12.5 Å². The van der Waals surface area contributed by atoms with Gasteiger partial charge in [0.25, 0.3) is 0 Å². The van der Waals surface area contributed by atoms with Crippen molar-refractivity contribution in [2.45, 2.75) is 45.8 Å². The topological polar surface area (TPSA) is 79.2 Å². The van der Waals surface area contributed by atoms with Gasteiger partial charge in [-0.1, -0.05) is 0 Å². The molecule has 3 unspecified atom stereocenters. The third-order valence-corrected chi connectivity index (χ3v) is 2.74. The summed E-state index contributed by atoms with van der Waals surface area (Å²) in [4.78, 5) is 0. The number of hydrazine groups is 2. The molecule has 0 spiro atoms. The van der Waals surface area contributed by atoms with Gasteiger partial charge in [0.15, 0.2) is 0 Å². The zero-order valence-corrected chi connectivity index (χ0v) is 10.2. The quantitative estimate of drug-likeness (QED) is 0.503. The minimum Gasteiger partial charge on any atom is -0.393 e. The zero-order chi connectivity index (χ0) is 12.3. The average molecular weight is 233 g/mol. The molecule has 6 heteroatoms. The Labute approximate surface area is 96.4 Å². The van der Waals surface area contributed by atoms with Gasteiger partial charge in [0.1, 0.15) is 12.5 Å². The number of nitrogens with zero attached hydrogens (tertiary/aromatic N) is 2. The summed E-state index contributed by atoms with van der Waals surface area (Å²) in [6.45, 7) is 6.40. The van der Waals surface area contributed by atoms with Crippen LogP contribution >= 0.6 is 0 Å². The Bertz CT molecular complexity index is 195. The first kappa shape index (κ1) is 13.8. The van der Waals surface area contributed by atoms with Crippen LogP contribution < -0.4 is 5.53 Å². The van der Waals surface area contributed by atoms with Crippen LogP contribution in [-0.2, 0) is 0 Å². The summed E-state index contributed by atoms with van der Waals surface area (Å²) in [5.74, 6) is 0.227. The number of aliphatic hydroxyl groups is 3. The van der Waals surface area contributed by atoms with Crippen molar-refractivity contribution in [3.8, 4) is 0 Å². The highest BCUT2D eigenvalue weighted by atomic mass is 16.3. The van der Waals surface area contributed by atoms with Crippen molar-refractivity contribution in [2.75, 3.05) is 13.1 Å². The lowest BCUT2D eigenvalue weighted by atomic mass is 10.0. The second-order valence-electron chi connectivity index (χ2n) is 4.62. The molecule has 96 valence electrons. The minimum absolute atomic E-state index is 0.227. The van der Waals surface area contributed by atoms with Crippen molar-refractivity contribution in [1.29, 1.82) is 0 Å². The number of hydrogen-bond acceptors (Lipinski definition) is 6. The summed E-state index contributed by atoms with van der Waals surface area (Å²) < 4.78 is 0. The molecule has 4 N–H and O–H groups in total. The normalized spacial score (nSPS) is 30.0. The molecule has 1 aliphatic rings. The maximum Gasteiger partial charge on any atom is 0.118 e. The summed E-state index contributed by atoms with van der Waals surface area (Å²) in [6.07, 6.45) is -0.959. The molecular weight excluding hydrogens is 210 g/mol. The lowest BCUT2D eigenvalue weighted by molar-refractivity contribution is -0.172. The summed E-state index contributed by atoms with van der Waals surface area (Å²) in [5.41, 5.74) is 2.94. The molecule has 0 aromatic rings. The molecule has 1 fully saturated rings. The molecule has 0 aliphatic carbocycles. The molecule has 1 rings (SSSR count). The first-order valence-electron chi connectivity index (χ1n) is 5.74. The number of aliphatic hydroxyl groups excluding tert-OH is 3. The van der Waals surface area contributed by atoms with Gasteiger partial charge >= 0.3 is 0 Å². The fourth-order valence-electron chi connectivity index (χ4n) is 1.96. The summed E-state index contributed by atoms with van der Waals surface area (Å²) in [5, 5.41) is 31.7.